The number of hydrogen-bond donors (Lipinski definition) is 1. The van der Waals surface area contributed by atoms with Crippen LogP contribution in [-0.2, 0) is 11.8 Å². The number of anilines is 1. The monoisotopic (exact) mass is 427 g/mol. The Balaban J connectivity index is 1.61. The Labute approximate surface area is 177 Å². The maximum absolute atomic E-state index is 12.2. The van der Waals surface area contributed by atoms with Gasteiger partial charge >= 0.3 is 0 Å². The van der Waals surface area contributed by atoms with Gasteiger partial charge in [-0.25, -0.2) is 0 Å². The zero-order valence-corrected chi connectivity index (χ0v) is 17.4. The highest BCUT2D eigenvalue weighted by atomic mass is 35.5. The van der Waals surface area contributed by atoms with Gasteiger partial charge in [0.25, 0.3) is 0 Å². The molecule has 1 aromatic heterocycles. The number of carbonyl (C=O) groups is 1. The molecule has 1 atom stereocenters. The Morgan fingerprint density at radius 3 is 2.76 bits per heavy atom. The number of nitrogens with zero attached hydrogens (tertiary/aromatic N) is 4. The SMILES string of the molecule is CC(Oc1ccccc1Cl)c1nnc(SCC(=O)Nc2ccccc2C#N)n1C. The quantitative estimate of drug-likeness (QED) is 0.567. The minimum Gasteiger partial charge on any atom is -0.481 e. The first-order valence-corrected chi connectivity index (χ1v) is 10.1. The highest BCUT2D eigenvalue weighted by molar-refractivity contribution is 7.99. The van der Waals surface area contributed by atoms with Crippen LogP contribution in [0.5, 0.6) is 5.75 Å². The van der Waals surface area contributed by atoms with Crippen molar-refractivity contribution in [2.45, 2.75) is 18.2 Å². The lowest BCUT2D eigenvalue weighted by Gasteiger charge is -2.15. The Morgan fingerprint density at radius 2 is 2.00 bits per heavy atom. The lowest BCUT2D eigenvalue weighted by Crippen LogP contribution is -2.15. The highest BCUT2D eigenvalue weighted by Crippen LogP contribution is 2.29. The molecule has 7 nitrogen and oxygen atoms in total. The molecule has 0 fully saturated rings. The molecule has 1 heterocycles. The van der Waals surface area contributed by atoms with E-state index in [1.165, 1.54) is 11.8 Å². The van der Waals surface area contributed by atoms with Gasteiger partial charge in [0.2, 0.25) is 5.91 Å². The van der Waals surface area contributed by atoms with Gasteiger partial charge in [0.15, 0.2) is 17.1 Å². The summed E-state index contributed by atoms with van der Waals surface area (Å²) in [5.41, 5.74) is 0.901. The van der Waals surface area contributed by atoms with Crippen molar-refractivity contribution in [1.29, 1.82) is 5.26 Å². The molecular weight excluding hydrogens is 410 g/mol. The molecule has 9 heteroatoms. The second-order valence-electron chi connectivity index (χ2n) is 6.08. The molecule has 1 amide bonds. The third-order valence-corrected chi connectivity index (χ3v) is 5.36. The van der Waals surface area contributed by atoms with Crippen LogP contribution >= 0.6 is 23.4 Å². The second-order valence-corrected chi connectivity index (χ2v) is 7.43. The van der Waals surface area contributed by atoms with Crippen LogP contribution in [0.2, 0.25) is 5.02 Å². The Bertz CT molecular complexity index is 1060. The molecule has 1 N–H and O–H groups in total. The van der Waals surface area contributed by atoms with E-state index in [-0.39, 0.29) is 17.8 Å². The van der Waals surface area contributed by atoms with E-state index in [9.17, 15) is 4.79 Å². The average molecular weight is 428 g/mol. The predicted molar refractivity (Wildman–Crippen MR) is 112 cm³/mol. The molecule has 29 heavy (non-hydrogen) atoms. The maximum Gasteiger partial charge on any atom is 0.234 e. The van der Waals surface area contributed by atoms with Gasteiger partial charge in [0, 0.05) is 7.05 Å². The Morgan fingerprint density at radius 1 is 1.28 bits per heavy atom. The molecule has 0 aliphatic heterocycles. The number of aromatic nitrogens is 3. The summed E-state index contributed by atoms with van der Waals surface area (Å²) in [6, 6.07) is 16.1. The number of carbonyl (C=O) groups excluding carboxylic acids is 1. The van der Waals surface area contributed by atoms with Crippen LogP contribution in [0.4, 0.5) is 5.69 Å². The lowest BCUT2D eigenvalue weighted by molar-refractivity contribution is -0.113. The van der Waals surface area contributed by atoms with Gasteiger partial charge in [-0.05, 0) is 31.2 Å². The number of amides is 1. The van der Waals surface area contributed by atoms with Crippen LogP contribution in [0.25, 0.3) is 0 Å². The summed E-state index contributed by atoms with van der Waals surface area (Å²) in [4.78, 5) is 12.2. The standard InChI is InChI=1S/C20H18ClN5O2S/c1-13(28-17-10-6-4-8-15(17)21)19-24-25-20(26(19)2)29-12-18(27)23-16-9-5-3-7-14(16)11-22/h3-10,13H,12H2,1-2H3,(H,23,27). The van der Waals surface area contributed by atoms with E-state index in [1.807, 2.05) is 26.1 Å². The van der Waals surface area contributed by atoms with Crippen LogP contribution in [0.1, 0.15) is 24.4 Å². The van der Waals surface area contributed by atoms with E-state index in [1.54, 1.807) is 41.0 Å². The molecule has 1 unspecified atom stereocenters. The number of thioether (sulfide) groups is 1. The summed E-state index contributed by atoms with van der Waals surface area (Å²) in [7, 11) is 1.81. The summed E-state index contributed by atoms with van der Waals surface area (Å²) in [5, 5.41) is 21.3. The Kier molecular flexibility index (Phi) is 6.75. The van der Waals surface area contributed by atoms with Crippen LogP contribution in [0, 0.1) is 11.3 Å². The largest absolute Gasteiger partial charge is 0.481 e. The Hall–Kier alpha value is -3.02. The van der Waals surface area contributed by atoms with Gasteiger partial charge in [-0.1, -0.05) is 47.6 Å². The van der Waals surface area contributed by atoms with E-state index in [4.69, 9.17) is 21.6 Å². The first-order chi connectivity index (χ1) is 14.0. The molecule has 2 aromatic carbocycles. The van der Waals surface area contributed by atoms with Crippen LogP contribution in [0.3, 0.4) is 0 Å². The van der Waals surface area contributed by atoms with E-state index in [2.05, 4.69) is 21.6 Å². The number of rotatable bonds is 7. The third-order valence-electron chi connectivity index (χ3n) is 4.03. The van der Waals surface area contributed by atoms with Crippen molar-refractivity contribution < 1.29 is 9.53 Å². The van der Waals surface area contributed by atoms with E-state index in [0.29, 0.717) is 33.0 Å². The molecular formula is C20H18ClN5O2S. The summed E-state index contributed by atoms with van der Waals surface area (Å²) in [5.74, 6) is 1.07. The van der Waals surface area contributed by atoms with Crippen molar-refractivity contribution in [1.82, 2.24) is 14.8 Å². The number of hydrogen-bond acceptors (Lipinski definition) is 6. The molecule has 3 aromatic rings. The van der Waals surface area contributed by atoms with Crippen LogP contribution < -0.4 is 10.1 Å². The number of ether oxygens (including phenoxy) is 1. The van der Waals surface area contributed by atoms with Gasteiger partial charge < -0.3 is 14.6 Å². The van der Waals surface area contributed by atoms with Crippen molar-refractivity contribution in [3.05, 3.63) is 64.9 Å². The van der Waals surface area contributed by atoms with Gasteiger partial charge in [-0.2, -0.15) is 5.26 Å². The summed E-state index contributed by atoms with van der Waals surface area (Å²) < 4.78 is 7.66. The summed E-state index contributed by atoms with van der Waals surface area (Å²) >= 11 is 7.39. The highest BCUT2D eigenvalue weighted by Gasteiger charge is 2.19. The average Bonchev–Trinajstić information content (AvgIpc) is 3.09. The lowest BCUT2D eigenvalue weighted by atomic mass is 10.2. The number of nitrogens with one attached hydrogen (secondary N) is 1. The van der Waals surface area contributed by atoms with Gasteiger partial charge in [0.1, 0.15) is 11.8 Å². The maximum atomic E-state index is 12.2. The fourth-order valence-corrected chi connectivity index (χ4v) is 3.49. The molecule has 0 saturated heterocycles. The van der Waals surface area contributed by atoms with Crippen molar-refractivity contribution in [2.24, 2.45) is 7.05 Å². The molecule has 0 aliphatic carbocycles. The van der Waals surface area contributed by atoms with E-state index < -0.39 is 0 Å². The van der Waals surface area contributed by atoms with Gasteiger partial charge in [-0.3, -0.25) is 4.79 Å². The minimum absolute atomic E-state index is 0.130. The number of benzene rings is 2. The normalized spacial score (nSPS) is 11.5. The molecule has 0 bridgehead atoms. The van der Waals surface area contributed by atoms with Crippen LogP contribution in [0.15, 0.2) is 53.7 Å². The zero-order chi connectivity index (χ0) is 20.8. The van der Waals surface area contributed by atoms with Crippen molar-refractivity contribution >= 4 is 35.0 Å². The van der Waals surface area contributed by atoms with Gasteiger partial charge in [0.05, 0.1) is 22.0 Å². The first kappa shape index (κ1) is 20.7. The third kappa shape index (κ3) is 5.08. The second kappa shape index (κ2) is 9.45. The molecule has 3 rings (SSSR count). The fraction of sp³-hybridized carbons (Fsp3) is 0.200. The van der Waals surface area contributed by atoms with Crippen molar-refractivity contribution in [2.75, 3.05) is 11.1 Å². The topological polar surface area (TPSA) is 92.8 Å². The first-order valence-electron chi connectivity index (χ1n) is 8.72. The zero-order valence-electron chi connectivity index (χ0n) is 15.8. The van der Waals surface area contributed by atoms with E-state index >= 15 is 0 Å². The molecule has 0 spiro atoms. The number of para-hydroxylation sites is 2. The smallest absolute Gasteiger partial charge is 0.234 e. The molecule has 148 valence electrons. The molecule has 0 aliphatic rings. The van der Waals surface area contributed by atoms with Crippen LogP contribution in [-0.4, -0.2) is 26.4 Å². The van der Waals surface area contributed by atoms with E-state index in [0.717, 1.165) is 0 Å². The molecule has 0 radical (unpaired) electrons. The van der Waals surface area contributed by atoms with Crippen molar-refractivity contribution in [3.63, 3.8) is 0 Å². The summed E-state index contributed by atoms with van der Waals surface area (Å²) in [6.45, 7) is 1.85. The van der Waals surface area contributed by atoms with Crippen molar-refractivity contribution in [3.8, 4) is 11.8 Å². The number of halogens is 1. The predicted octanol–water partition coefficient (Wildman–Crippen LogP) is 4.21. The van der Waals surface area contributed by atoms with Gasteiger partial charge in [-0.15, -0.1) is 10.2 Å². The summed E-state index contributed by atoms with van der Waals surface area (Å²) in [6.07, 6.45) is -0.377. The number of nitriles is 1. The fourth-order valence-electron chi connectivity index (χ4n) is 2.60. The minimum atomic E-state index is -0.377. The molecule has 0 saturated carbocycles.